The number of carbonyl (C=O) groups is 3. The molecule has 0 saturated heterocycles. The van der Waals surface area contributed by atoms with Crippen LogP contribution in [0.2, 0.25) is 0 Å². The first-order chi connectivity index (χ1) is 8.57. The summed E-state index contributed by atoms with van der Waals surface area (Å²) in [5.74, 6) is -2.75. The second kappa shape index (κ2) is 10.3. The first kappa shape index (κ1) is 19.7. The summed E-state index contributed by atoms with van der Waals surface area (Å²) in [4.78, 5) is 30.0. The lowest BCUT2D eigenvalue weighted by atomic mass is 10.1. The molecule has 0 heterocycles. The van der Waals surface area contributed by atoms with Gasteiger partial charge < -0.3 is 26.8 Å². The van der Waals surface area contributed by atoms with E-state index < -0.39 is 30.0 Å². The maximum absolute atomic E-state index is 10.1. The molecule has 0 rings (SSSR count). The largest absolute Gasteiger partial charge is 0.481 e. The Morgan fingerprint density at radius 1 is 0.947 bits per heavy atom. The summed E-state index contributed by atoms with van der Waals surface area (Å²) >= 11 is 0. The van der Waals surface area contributed by atoms with Crippen molar-refractivity contribution in [2.75, 3.05) is 0 Å². The van der Waals surface area contributed by atoms with E-state index in [4.69, 9.17) is 26.8 Å². The van der Waals surface area contributed by atoms with Crippen LogP contribution in [0.25, 0.3) is 0 Å². The number of carboxylic acid groups (broad SMARTS) is 3. The van der Waals surface area contributed by atoms with Gasteiger partial charge in [-0.25, -0.2) is 0 Å². The standard InChI is InChI=1S/C6H13NO2.C5H9NO4/c1-4(2)3-5(7)6(8)9;6-3(5(9)10)1-2-4(7)8/h4-5H,3,7H2,1-2H3,(H,8,9);3H,1-2,6H2,(H,7,8)(H,9,10)/t5-;3-/m10/s1. The Morgan fingerprint density at radius 3 is 1.58 bits per heavy atom. The van der Waals surface area contributed by atoms with Crippen LogP contribution in [0.1, 0.15) is 33.1 Å². The zero-order chi connectivity index (χ0) is 15.6. The van der Waals surface area contributed by atoms with Gasteiger partial charge in [-0.3, -0.25) is 14.4 Å². The topological polar surface area (TPSA) is 164 Å². The van der Waals surface area contributed by atoms with E-state index in [1.165, 1.54) is 0 Å². The molecule has 112 valence electrons. The van der Waals surface area contributed by atoms with Crippen LogP contribution < -0.4 is 11.5 Å². The van der Waals surface area contributed by atoms with Gasteiger partial charge in [0.25, 0.3) is 0 Å². The van der Waals surface area contributed by atoms with Gasteiger partial charge in [0.15, 0.2) is 0 Å². The van der Waals surface area contributed by atoms with Gasteiger partial charge in [-0.05, 0) is 18.8 Å². The third-order valence-corrected chi connectivity index (χ3v) is 2.03. The molecular formula is C11H22N2O6. The van der Waals surface area contributed by atoms with Gasteiger partial charge in [0.1, 0.15) is 12.1 Å². The molecule has 0 aromatic carbocycles. The van der Waals surface area contributed by atoms with Crippen molar-refractivity contribution in [2.45, 2.75) is 45.2 Å². The Kier molecular flexibility index (Phi) is 10.6. The van der Waals surface area contributed by atoms with E-state index in [9.17, 15) is 14.4 Å². The number of hydrogen-bond donors (Lipinski definition) is 5. The van der Waals surface area contributed by atoms with Crippen LogP contribution in [0, 0.1) is 5.92 Å². The fraction of sp³-hybridized carbons (Fsp3) is 0.727. The Balaban J connectivity index is 0. The van der Waals surface area contributed by atoms with Crippen LogP contribution in [-0.2, 0) is 14.4 Å². The maximum atomic E-state index is 10.1. The average molecular weight is 278 g/mol. The molecule has 0 aromatic rings. The van der Waals surface area contributed by atoms with Gasteiger partial charge in [-0.1, -0.05) is 13.8 Å². The lowest BCUT2D eigenvalue weighted by molar-refractivity contribution is -0.140. The SMILES string of the molecule is CC(C)C[C@@H](N)C(=O)O.N[C@@H](CCC(=O)O)C(=O)O. The van der Waals surface area contributed by atoms with Crippen molar-refractivity contribution in [1.82, 2.24) is 0 Å². The molecule has 0 unspecified atom stereocenters. The van der Waals surface area contributed by atoms with Crippen LogP contribution >= 0.6 is 0 Å². The second-order valence-corrected chi connectivity index (χ2v) is 4.45. The van der Waals surface area contributed by atoms with E-state index in [2.05, 4.69) is 0 Å². The molecule has 8 nitrogen and oxygen atoms in total. The monoisotopic (exact) mass is 278 g/mol. The molecule has 0 spiro atoms. The third-order valence-electron chi connectivity index (χ3n) is 2.03. The summed E-state index contributed by atoms with van der Waals surface area (Å²) in [6, 6.07) is -1.75. The van der Waals surface area contributed by atoms with Crippen molar-refractivity contribution in [1.29, 1.82) is 0 Å². The van der Waals surface area contributed by atoms with Gasteiger partial charge in [-0.2, -0.15) is 0 Å². The van der Waals surface area contributed by atoms with E-state index in [-0.39, 0.29) is 12.8 Å². The number of aliphatic carboxylic acids is 3. The van der Waals surface area contributed by atoms with Crippen molar-refractivity contribution in [3.8, 4) is 0 Å². The van der Waals surface area contributed by atoms with E-state index in [0.29, 0.717) is 12.3 Å². The van der Waals surface area contributed by atoms with Gasteiger partial charge in [0.2, 0.25) is 0 Å². The van der Waals surface area contributed by atoms with Crippen molar-refractivity contribution >= 4 is 17.9 Å². The zero-order valence-electron chi connectivity index (χ0n) is 11.1. The molecule has 2 atom stereocenters. The summed E-state index contributed by atoms with van der Waals surface area (Å²) in [5.41, 5.74) is 10.2. The molecule has 7 N–H and O–H groups in total. The first-order valence-corrected chi connectivity index (χ1v) is 5.76. The van der Waals surface area contributed by atoms with Gasteiger partial charge in [-0.15, -0.1) is 0 Å². The number of hydrogen-bond acceptors (Lipinski definition) is 5. The minimum absolute atomic E-state index is 0.0231. The molecule has 0 aromatic heterocycles. The summed E-state index contributed by atoms with van der Waals surface area (Å²) in [6.45, 7) is 3.89. The van der Waals surface area contributed by atoms with Crippen LogP contribution in [0.4, 0.5) is 0 Å². The van der Waals surface area contributed by atoms with Gasteiger partial charge in [0, 0.05) is 6.42 Å². The van der Waals surface area contributed by atoms with Gasteiger partial charge in [0.05, 0.1) is 0 Å². The summed E-state index contributed by atoms with van der Waals surface area (Å²) in [7, 11) is 0. The molecule has 19 heavy (non-hydrogen) atoms. The molecule has 0 aliphatic carbocycles. The highest BCUT2D eigenvalue weighted by Crippen LogP contribution is 2.01. The van der Waals surface area contributed by atoms with E-state index in [0.717, 1.165) is 0 Å². The Labute approximate surface area is 111 Å². The lowest BCUT2D eigenvalue weighted by Crippen LogP contribution is -2.31. The third kappa shape index (κ3) is 14.3. The maximum Gasteiger partial charge on any atom is 0.320 e. The highest BCUT2D eigenvalue weighted by atomic mass is 16.4. The summed E-state index contributed by atoms with van der Waals surface area (Å²) in [6.07, 6.45) is 0.327. The number of rotatable bonds is 7. The van der Waals surface area contributed by atoms with Crippen molar-refractivity contribution in [2.24, 2.45) is 17.4 Å². The predicted octanol–water partition coefficient (Wildman–Crippen LogP) is -0.292. The molecular weight excluding hydrogens is 256 g/mol. The normalized spacial score (nSPS) is 13.1. The minimum Gasteiger partial charge on any atom is -0.481 e. The Morgan fingerprint density at radius 2 is 1.37 bits per heavy atom. The number of carboxylic acids is 3. The smallest absolute Gasteiger partial charge is 0.320 e. The zero-order valence-corrected chi connectivity index (χ0v) is 11.1. The minimum atomic E-state index is -1.17. The molecule has 0 bridgehead atoms. The quantitative estimate of drug-likeness (QED) is 0.423. The predicted molar refractivity (Wildman–Crippen MR) is 67.5 cm³/mol. The number of nitrogens with two attached hydrogens (primary N) is 2. The fourth-order valence-corrected chi connectivity index (χ4v) is 1.01. The molecule has 8 heteroatoms. The highest BCUT2D eigenvalue weighted by molar-refractivity contribution is 5.74. The van der Waals surface area contributed by atoms with Crippen LogP contribution in [0.5, 0.6) is 0 Å². The summed E-state index contributed by atoms with van der Waals surface area (Å²) < 4.78 is 0. The molecule has 0 fully saturated rings. The highest BCUT2D eigenvalue weighted by Gasteiger charge is 2.12. The van der Waals surface area contributed by atoms with E-state index in [1.807, 2.05) is 13.8 Å². The molecule has 0 aliphatic rings. The molecule has 0 amide bonds. The Hall–Kier alpha value is -1.67. The van der Waals surface area contributed by atoms with E-state index >= 15 is 0 Å². The van der Waals surface area contributed by atoms with Gasteiger partial charge >= 0.3 is 17.9 Å². The Bertz CT molecular complexity index is 306. The van der Waals surface area contributed by atoms with Crippen molar-refractivity contribution in [3.63, 3.8) is 0 Å². The average Bonchev–Trinajstić information content (AvgIpc) is 2.25. The molecule has 0 aliphatic heterocycles. The molecule has 0 saturated carbocycles. The van der Waals surface area contributed by atoms with Crippen LogP contribution in [-0.4, -0.2) is 45.3 Å². The van der Waals surface area contributed by atoms with Crippen LogP contribution in [0.15, 0.2) is 0 Å². The lowest BCUT2D eigenvalue weighted by Gasteiger charge is -2.07. The molecule has 0 radical (unpaired) electrons. The van der Waals surface area contributed by atoms with Crippen LogP contribution in [0.3, 0.4) is 0 Å². The summed E-state index contributed by atoms with van der Waals surface area (Å²) in [5, 5.41) is 24.6. The fourth-order valence-electron chi connectivity index (χ4n) is 1.01. The van der Waals surface area contributed by atoms with Crippen molar-refractivity contribution in [3.05, 3.63) is 0 Å². The van der Waals surface area contributed by atoms with E-state index in [1.54, 1.807) is 0 Å². The first-order valence-electron chi connectivity index (χ1n) is 5.76. The second-order valence-electron chi connectivity index (χ2n) is 4.45. The van der Waals surface area contributed by atoms with Crippen molar-refractivity contribution < 1.29 is 29.7 Å².